The van der Waals surface area contributed by atoms with Crippen molar-refractivity contribution in [2.24, 2.45) is 0 Å². The second kappa shape index (κ2) is 9.35. The van der Waals surface area contributed by atoms with Crippen LogP contribution in [0.5, 0.6) is 0 Å². The van der Waals surface area contributed by atoms with Gasteiger partial charge in [-0.25, -0.2) is 0 Å². The summed E-state index contributed by atoms with van der Waals surface area (Å²) in [7, 11) is 0. The average Bonchev–Trinajstić information content (AvgIpc) is 3.23. The van der Waals surface area contributed by atoms with Crippen LogP contribution < -0.4 is 5.32 Å². The standard InChI is InChI=1S/C21H13F6N3OS/c22-20(23,24)15-8-4-13(5-9-15)17(14-6-10-16(11-7-14)21(25,26)27)2-1-3-18(31)29-19-30-28-12-32-19/h1-12H,(H,29,30,31). The normalized spacial score (nSPS) is 12.1. The summed E-state index contributed by atoms with van der Waals surface area (Å²) >= 11 is 1.10. The first-order valence-electron chi connectivity index (χ1n) is 8.85. The Labute approximate surface area is 181 Å². The molecule has 3 aromatic rings. The van der Waals surface area contributed by atoms with E-state index in [0.717, 1.165) is 41.7 Å². The van der Waals surface area contributed by atoms with Gasteiger partial charge in [-0.05, 0) is 41.0 Å². The minimum absolute atomic E-state index is 0.273. The number of nitrogens with zero attached hydrogens (tertiary/aromatic N) is 2. The molecule has 1 N–H and O–H groups in total. The van der Waals surface area contributed by atoms with Crippen LogP contribution in [0.1, 0.15) is 22.3 Å². The molecular weight excluding hydrogens is 456 g/mol. The van der Waals surface area contributed by atoms with Gasteiger partial charge in [0, 0.05) is 6.08 Å². The van der Waals surface area contributed by atoms with Crippen molar-refractivity contribution in [2.45, 2.75) is 12.4 Å². The van der Waals surface area contributed by atoms with E-state index in [-0.39, 0.29) is 5.13 Å². The van der Waals surface area contributed by atoms with Crippen LogP contribution in [0.2, 0.25) is 0 Å². The Balaban J connectivity index is 1.92. The highest BCUT2D eigenvalue weighted by atomic mass is 32.1. The number of carbonyl (C=O) groups excluding carboxylic acids is 1. The van der Waals surface area contributed by atoms with Gasteiger partial charge in [0.2, 0.25) is 11.0 Å². The highest BCUT2D eigenvalue weighted by molar-refractivity contribution is 7.13. The number of alkyl halides is 6. The second-order valence-electron chi connectivity index (χ2n) is 6.32. The summed E-state index contributed by atoms with van der Waals surface area (Å²) < 4.78 is 77.2. The fourth-order valence-corrected chi connectivity index (χ4v) is 3.09. The predicted molar refractivity (Wildman–Crippen MR) is 108 cm³/mol. The molecule has 0 fully saturated rings. The molecule has 166 valence electrons. The Morgan fingerprint density at radius 2 is 1.34 bits per heavy atom. The third-order valence-electron chi connectivity index (χ3n) is 4.15. The Hall–Kier alpha value is -3.47. The van der Waals surface area contributed by atoms with Gasteiger partial charge in [0.1, 0.15) is 5.51 Å². The quantitative estimate of drug-likeness (QED) is 0.275. The maximum Gasteiger partial charge on any atom is 0.416 e. The zero-order valence-electron chi connectivity index (χ0n) is 15.9. The van der Waals surface area contributed by atoms with Gasteiger partial charge >= 0.3 is 12.4 Å². The molecule has 0 radical (unpaired) electrons. The van der Waals surface area contributed by atoms with Crippen molar-refractivity contribution < 1.29 is 31.1 Å². The minimum atomic E-state index is -4.53. The molecule has 1 amide bonds. The van der Waals surface area contributed by atoms with Crippen LogP contribution in [0.3, 0.4) is 0 Å². The first-order chi connectivity index (χ1) is 15.0. The second-order valence-corrected chi connectivity index (χ2v) is 7.16. The summed E-state index contributed by atoms with van der Waals surface area (Å²) in [6, 6.07) is 8.34. The lowest BCUT2D eigenvalue weighted by molar-refractivity contribution is -0.138. The molecule has 4 nitrogen and oxygen atoms in total. The van der Waals surface area contributed by atoms with E-state index in [1.54, 1.807) is 0 Å². The number of amides is 1. The third-order valence-corrected chi connectivity index (χ3v) is 4.75. The van der Waals surface area contributed by atoms with Crippen LogP contribution in [0.4, 0.5) is 31.5 Å². The molecule has 0 saturated heterocycles. The predicted octanol–water partition coefficient (Wildman–Crippen LogP) is 6.20. The molecule has 0 spiro atoms. The van der Waals surface area contributed by atoms with E-state index in [1.807, 2.05) is 0 Å². The number of benzene rings is 2. The average molecular weight is 469 g/mol. The van der Waals surface area contributed by atoms with Crippen LogP contribution in [-0.4, -0.2) is 16.1 Å². The third kappa shape index (κ3) is 6.03. The number of anilines is 1. The number of allylic oxidation sites excluding steroid dienone is 2. The molecule has 0 saturated carbocycles. The van der Waals surface area contributed by atoms with Crippen LogP contribution in [-0.2, 0) is 17.1 Å². The summed E-state index contributed by atoms with van der Waals surface area (Å²) in [6.07, 6.45) is -5.15. The topological polar surface area (TPSA) is 54.9 Å². The van der Waals surface area contributed by atoms with E-state index in [1.165, 1.54) is 41.9 Å². The largest absolute Gasteiger partial charge is 0.416 e. The molecule has 0 atom stereocenters. The maximum atomic E-state index is 12.9. The maximum absolute atomic E-state index is 12.9. The highest BCUT2D eigenvalue weighted by Crippen LogP contribution is 2.33. The zero-order chi connectivity index (χ0) is 23.4. The first-order valence-corrected chi connectivity index (χ1v) is 9.73. The van der Waals surface area contributed by atoms with E-state index in [0.29, 0.717) is 16.7 Å². The first kappa shape index (κ1) is 23.2. The molecule has 0 aliphatic rings. The van der Waals surface area contributed by atoms with Crippen LogP contribution >= 0.6 is 11.3 Å². The molecule has 1 heterocycles. The number of aromatic nitrogens is 2. The molecule has 0 bridgehead atoms. The fraction of sp³-hybridized carbons (Fsp3) is 0.0952. The fourth-order valence-electron chi connectivity index (χ4n) is 2.64. The van der Waals surface area contributed by atoms with Crippen molar-refractivity contribution in [3.8, 4) is 0 Å². The summed E-state index contributed by atoms with van der Waals surface area (Å²) in [5.74, 6) is -0.530. The van der Waals surface area contributed by atoms with Crippen molar-refractivity contribution in [1.29, 1.82) is 0 Å². The Morgan fingerprint density at radius 3 is 1.75 bits per heavy atom. The van der Waals surface area contributed by atoms with Gasteiger partial charge in [-0.2, -0.15) is 26.3 Å². The number of rotatable bonds is 5. The molecule has 32 heavy (non-hydrogen) atoms. The van der Waals surface area contributed by atoms with Gasteiger partial charge < -0.3 is 0 Å². The van der Waals surface area contributed by atoms with Crippen molar-refractivity contribution in [3.63, 3.8) is 0 Å². The SMILES string of the molecule is O=C(C=CC=C(c1ccc(C(F)(F)F)cc1)c1ccc(C(F)(F)F)cc1)Nc1nncs1. The molecule has 0 aliphatic carbocycles. The Bertz CT molecular complexity index is 1060. The number of halogens is 6. The van der Waals surface area contributed by atoms with E-state index in [2.05, 4.69) is 15.5 Å². The molecule has 1 aromatic heterocycles. The smallest absolute Gasteiger partial charge is 0.297 e. The van der Waals surface area contributed by atoms with Crippen LogP contribution in [0, 0.1) is 0 Å². The summed E-state index contributed by atoms with van der Waals surface area (Å²) in [5, 5.41) is 9.96. The number of hydrogen-bond donors (Lipinski definition) is 1. The van der Waals surface area contributed by atoms with Gasteiger partial charge in [0.05, 0.1) is 11.1 Å². The van der Waals surface area contributed by atoms with E-state index in [9.17, 15) is 31.1 Å². The van der Waals surface area contributed by atoms with Gasteiger partial charge in [-0.15, -0.1) is 10.2 Å². The monoisotopic (exact) mass is 469 g/mol. The van der Waals surface area contributed by atoms with Gasteiger partial charge in [-0.3, -0.25) is 10.1 Å². The van der Waals surface area contributed by atoms with E-state index in [4.69, 9.17) is 0 Å². The Morgan fingerprint density at radius 1 is 0.844 bits per heavy atom. The number of nitrogens with one attached hydrogen (secondary N) is 1. The van der Waals surface area contributed by atoms with Gasteiger partial charge in [0.15, 0.2) is 0 Å². The van der Waals surface area contributed by atoms with Gasteiger partial charge in [-0.1, -0.05) is 47.8 Å². The van der Waals surface area contributed by atoms with E-state index < -0.39 is 29.4 Å². The molecule has 11 heteroatoms. The molecule has 0 unspecified atom stereocenters. The Kier molecular flexibility index (Phi) is 6.78. The lowest BCUT2D eigenvalue weighted by Crippen LogP contribution is -2.07. The van der Waals surface area contributed by atoms with Crippen LogP contribution in [0.15, 0.2) is 72.3 Å². The van der Waals surface area contributed by atoms with Crippen molar-refractivity contribution in [3.05, 3.63) is 94.5 Å². The summed E-state index contributed by atoms with van der Waals surface area (Å²) in [6.45, 7) is 0. The van der Waals surface area contributed by atoms with Crippen molar-refractivity contribution in [1.82, 2.24) is 10.2 Å². The number of hydrogen-bond acceptors (Lipinski definition) is 4. The molecule has 0 aliphatic heterocycles. The lowest BCUT2D eigenvalue weighted by Gasteiger charge is -2.12. The lowest BCUT2D eigenvalue weighted by atomic mass is 9.95. The summed E-state index contributed by atoms with van der Waals surface area (Å²) in [5.41, 5.74) is 0.679. The molecular formula is C21H13F6N3OS. The van der Waals surface area contributed by atoms with Crippen LogP contribution in [0.25, 0.3) is 5.57 Å². The highest BCUT2D eigenvalue weighted by Gasteiger charge is 2.31. The van der Waals surface area contributed by atoms with E-state index >= 15 is 0 Å². The van der Waals surface area contributed by atoms with Crippen molar-refractivity contribution in [2.75, 3.05) is 5.32 Å². The number of carbonyl (C=O) groups is 1. The van der Waals surface area contributed by atoms with Gasteiger partial charge in [0.25, 0.3) is 0 Å². The molecule has 3 rings (SSSR count). The minimum Gasteiger partial charge on any atom is -0.297 e. The van der Waals surface area contributed by atoms with Crippen molar-refractivity contribution >= 4 is 27.9 Å². The molecule has 2 aromatic carbocycles. The summed E-state index contributed by atoms with van der Waals surface area (Å²) in [4.78, 5) is 11.9. The zero-order valence-corrected chi connectivity index (χ0v) is 16.7.